The highest BCUT2D eigenvalue weighted by Gasteiger charge is 2.23. The van der Waals surface area contributed by atoms with E-state index in [1.807, 2.05) is 31.2 Å². The van der Waals surface area contributed by atoms with E-state index in [9.17, 15) is 4.79 Å². The Labute approximate surface area is 154 Å². The van der Waals surface area contributed by atoms with Gasteiger partial charge in [0.25, 0.3) is 5.56 Å². The second-order valence-electron chi connectivity index (χ2n) is 7.03. The normalized spacial score (nSPS) is 13.8. The number of hydrogen-bond donors (Lipinski definition) is 1. The molecule has 1 N–H and O–H groups in total. The Hall–Kier alpha value is -2.66. The number of nitrogens with zero attached hydrogens (tertiary/aromatic N) is 3. The summed E-state index contributed by atoms with van der Waals surface area (Å²) in [6.45, 7) is 4.16. The van der Waals surface area contributed by atoms with Crippen molar-refractivity contribution in [1.82, 2.24) is 14.7 Å². The molecule has 1 heterocycles. The molecule has 0 amide bonds. The summed E-state index contributed by atoms with van der Waals surface area (Å²) in [4.78, 5) is 14.6. The number of benzene rings is 2. The molecule has 2 aromatic carbocycles. The fourth-order valence-corrected chi connectivity index (χ4v) is 3.66. The van der Waals surface area contributed by atoms with Crippen LogP contribution in [0.1, 0.15) is 24.1 Å². The Bertz CT molecular complexity index is 963. The summed E-state index contributed by atoms with van der Waals surface area (Å²) in [6, 6.07) is 16.5. The maximum Gasteiger partial charge on any atom is 0.274 e. The molecule has 0 spiro atoms. The smallest absolute Gasteiger partial charge is 0.274 e. The van der Waals surface area contributed by atoms with E-state index in [2.05, 4.69) is 60.6 Å². The molecule has 5 heteroatoms. The van der Waals surface area contributed by atoms with Crippen LogP contribution in [-0.2, 0) is 7.05 Å². The zero-order valence-electron chi connectivity index (χ0n) is 16.0. The number of nitrogens with one attached hydrogen (secondary N) is 1. The number of aromatic nitrogens is 2. The van der Waals surface area contributed by atoms with Crippen molar-refractivity contribution in [3.63, 3.8) is 0 Å². The number of rotatable bonds is 5. The van der Waals surface area contributed by atoms with Crippen LogP contribution >= 0.6 is 0 Å². The molecule has 3 aromatic rings. The van der Waals surface area contributed by atoms with Gasteiger partial charge >= 0.3 is 0 Å². The van der Waals surface area contributed by atoms with Crippen molar-refractivity contribution in [3.8, 4) is 0 Å². The van der Waals surface area contributed by atoms with Gasteiger partial charge in [0, 0.05) is 18.5 Å². The van der Waals surface area contributed by atoms with Crippen LogP contribution in [0, 0.1) is 6.92 Å². The van der Waals surface area contributed by atoms with Crippen molar-refractivity contribution < 1.29 is 0 Å². The maximum atomic E-state index is 12.4. The first-order chi connectivity index (χ1) is 12.4. The van der Waals surface area contributed by atoms with E-state index >= 15 is 0 Å². The molecule has 0 radical (unpaired) electrons. The monoisotopic (exact) mass is 350 g/mol. The van der Waals surface area contributed by atoms with Crippen molar-refractivity contribution >= 4 is 16.6 Å². The molecule has 2 atom stereocenters. The fraction of sp³-hybridized carbons (Fsp3) is 0.333. The van der Waals surface area contributed by atoms with Crippen molar-refractivity contribution in [2.24, 2.45) is 7.05 Å². The molecule has 0 aliphatic heterocycles. The van der Waals surface area contributed by atoms with Crippen LogP contribution in [0.4, 0.5) is 5.82 Å². The van der Waals surface area contributed by atoms with Gasteiger partial charge in [0.2, 0.25) is 0 Å². The molecule has 0 bridgehead atoms. The minimum Gasteiger partial charge on any atom is -0.364 e. The summed E-state index contributed by atoms with van der Waals surface area (Å²) >= 11 is 0. The number of fused-ring (bicyclic) bond motifs is 1. The molecule has 1 aromatic heterocycles. The largest absolute Gasteiger partial charge is 0.364 e. The minimum atomic E-state index is -0.0749. The molecule has 3 rings (SSSR count). The van der Waals surface area contributed by atoms with Crippen LogP contribution in [0.5, 0.6) is 0 Å². The first-order valence-corrected chi connectivity index (χ1v) is 8.84. The number of aryl methyl sites for hydroxylation is 2. The van der Waals surface area contributed by atoms with Gasteiger partial charge < -0.3 is 10.2 Å². The third-order valence-electron chi connectivity index (χ3n) is 4.82. The average Bonchev–Trinajstić information content (AvgIpc) is 2.60. The third kappa shape index (κ3) is 3.35. The Morgan fingerprint density at radius 3 is 2.42 bits per heavy atom. The van der Waals surface area contributed by atoms with Gasteiger partial charge in [-0.3, -0.25) is 4.79 Å². The molecule has 0 saturated heterocycles. The predicted octanol–water partition coefficient (Wildman–Crippen LogP) is 3.35. The van der Waals surface area contributed by atoms with Crippen molar-refractivity contribution in [1.29, 1.82) is 0 Å². The van der Waals surface area contributed by atoms with Crippen molar-refractivity contribution in [2.45, 2.75) is 25.9 Å². The summed E-state index contributed by atoms with van der Waals surface area (Å²) < 4.78 is 1.41. The average molecular weight is 350 g/mol. The molecule has 0 fully saturated rings. The molecule has 0 saturated carbocycles. The lowest BCUT2D eigenvalue weighted by atomic mass is 9.99. The van der Waals surface area contributed by atoms with E-state index in [0.29, 0.717) is 5.39 Å². The molecule has 0 unspecified atom stereocenters. The number of hydrogen-bond acceptors (Lipinski definition) is 4. The molecular weight excluding hydrogens is 324 g/mol. The Morgan fingerprint density at radius 1 is 1.08 bits per heavy atom. The number of likely N-dealkylation sites (N-methyl/N-ethyl adjacent to an activating group) is 1. The van der Waals surface area contributed by atoms with Crippen molar-refractivity contribution in [3.05, 3.63) is 70.0 Å². The molecule has 0 aliphatic carbocycles. The van der Waals surface area contributed by atoms with Crippen LogP contribution in [0.15, 0.2) is 53.3 Å². The van der Waals surface area contributed by atoms with E-state index in [1.54, 1.807) is 7.05 Å². The summed E-state index contributed by atoms with van der Waals surface area (Å²) in [5.74, 6) is 0.746. The SMILES string of the molecule is Cc1cccc2c(=O)n(C)nc(N[C@H](C)[C@@H](c3ccccc3)N(C)C)c12. The lowest BCUT2D eigenvalue weighted by Crippen LogP contribution is -2.35. The van der Waals surface area contributed by atoms with Gasteiger partial charge in [0.15, 0.2) is 5.82 Å². The molecule has 0 aliphatic rings. The van der Waals surface area contributed by atoms with Crippen LogP contribution < -0.4 is 10.9 Å². The lowest BCUT2D eigenvalue weighted by molar-refractivity contribution is 0.275. The maximum absolute atomic E-state index is 12.4. The summed E-state index contributed by atoms with van der Waals surface area (Å²) in [7, 11) is 5.85. The molecule has 136 valence electrons. The zero-order valence-corrected chi connectivity index (χ0v) is 16.0. The van der Waals surface area contributed by atoms with Gasteiger partial charge in [-0.2, -0.15) is 5.10 Å². The van der Waals surface area contributed by atoms with Crippen LogP contribution in [0.3, 0.4) is 0 Å². The number of anilines is 1. The third-order valence-corrected chi connectivity index (χ3v) is 4.82. The first-order valence-electron chi connectivity index (χ1n) is 8.84. The van der Waals surface area contributed by atoms with E-state index in [1.165, 1.54) is 10.2 Å². The fourth-order valence-electron chi connectivity index (χ4n) is 3.66. The van der Waals surface area contributed by atoms with Gasteiger partial charge in [-0.15, -0.1) is 0 Å². The van der Waals surface area contributed by atoms with Gasteiger partial charge in [-0.05, 0) is 45.1 Å². The van der Waals surface area contributed by atoms with Crippen LogP contribution in [0.2, 0.25) is 0 Å². The quantitative estimate of drug-likeness (QED) is 0.767. The van der Waals surface area contributed by atoms with Crippen LogP contribution in [-0.4, -0.2) is 34.8 Å². The predicted molar refractivity (Wildman–Crippen MR) is 108 cm³/mol. The Kier molecular flexibility index (Phi) is 5.09. The molecule has 26 heavy (non-hydrogen) atoms. The second kappa shape index (κ2) is 7.30. The van der Waals surface area contributed by atoms with E-state index in [0.717, 1.165) is 16.8 Å². The molecular formula is C21H26N4O. The van der Waals surface area contributed by atoms with E-state index in [-0.39, 0.29) is 17.6 Å². The second-order valence-corrected chi connectivity index (χ2v) is 7.03. The highest BCUT2D eigenvalue weighted by atomic mass is 16.1. The van der Waals surface area contributed by atoms with Gasteiger partial charge in [-0.25, -0.2) is 4.68 Å². The van der Waals surface area contributed by atoms with Crippen molar-refractivity contribution in [2.75, 3.05) is 19.4 Å². The van der Waals surface area contributed by atoms with Crippen LogP contribution in [0.25, 0.3) is 10.8 Å². The zero-order chi connectivity index (χ0) is 18.8. The minimum absolute atomic E-state index is 0.0749. The first kappa shape index (κ1) is 18.1. The van der Waals surface area contributed by atoms with Gasteiger partial charge in [-0.1, -0.05) is 42.5 Å². The lowest BCUT2D eigenvalue weighted by Gasteiger charge is -2.31. The van der Waals surface area contributed by atoms with E-state index in [4.69, 9.17) is 0 Å². The van der Waals surface area contributed by atoms with E-state index < -0.39 is 0 Å². The molecule has 5 nitrogen and oxygen atoms in total. The van der Waals surface area contributed by atoms with Gasteiger partial charge in [0.05, 0.1) is 11.4 Å². The standard InChI is InChI=1S/C21H26N4O/c1-14-10-9-13-17-18(14)20(23-25(5)21(17)26)22-15(2)19(24(3)4)16-11-7-6-8-12-16/h6-13,15,19H,1-5H3,(H,22,23)/t15-,19+/m1/s1. The highest BCUT2D eigenvalue weighted by Crippen LogP contribution is 2.27. The summed E-state index contributed by atoms with van der Waals surface area (Å²) in [5, 5.41) is 9.66. The Balaban J connectivity index is 2.05. The summed E-state index contributed by atoms with van der Waals surface area (Å²) in [6.07, 6.45) is 0. The summed E-state index contributed by atoms with van der Waals surface area (Å²) in [5.41, 5.74) is 2.21. The Morgan fingerprint density at radius 2 is 1.77 bits per heavy atom. The van der Waals surface area contributed by atoms with Gasteiger partial charge in [0.1, 0.15) is 0 Å². The topological polar surface area (TPSA) is 50.2 Å². The highest BCUT2D eigenvalue weighted by molar-refractivity contribution is 5.93.